The number of hydrogen-bond acceptors (Lipinski definition) is 4. The fraction of sp³-hybridized carbons (Fsp3) is 0.333. The number of carbonyl (C=O) groups excluding carboxylic acids is 2. The summed E-state index contributed by atoms with van der Waals surface area (Å²) in [5.41, 5.74) is 3.25. The van der Waals surface area contributed by atoms with Gasteiger partial charge in [-0.05, 0) is 36.2 Å². The first-order valence-corrected chi connectivity index (χ1v) is 8.65. The molecule has 0 unspecified atom stereocenters. The largest absolute Gasteiger partial charge is 0.465 e. The molecule has 0 fully saturated rings. The number of esters is 1. The Kier molecular flexibility index (Phi) is 6.92. The summed E-state index contributed by atoms with van der Waals surface area (Å²) in [5.74, 6) is -0.149. The van der Waals surface area contributed by atoms with Crippen LogP contribution in [0.25, 0.3) is 0 Å². The highest BCUT2D eigenvalue weighted by Gasteiger charge is 2.14. The number of nitrogens with zero attached hydrogens (tertiary/aromatic N) is 1. The lowest BCUT2D eigenvalue weighted by molar-refractivity contribution is -0.117. The standard InChI is InChI=1S/C21H26N2O3/c1-15(2)17-11-9-16(10-12-17)13-23(3)14-20(24)22-19-8-6-5-7-18(19)21(25)26-4/h5-12,15H,13-14H2,1-4H3,(H,22,24). The van der Waals surface area contributed by atoms with Gasteiger partial charge < -0.3 is 10.1 Å². The van der Waals surface area contributed by atoms with E-state index in [0.29, 0.717) is 23.7 Å². The van der Waals surface area contributed by atoms with Crippen molar-refractivity contribution in [1.82, 2.24) is 4.90 Å². The minimum atomic E-state index is -0.473. The zero-order valence-corrected chi connectivity index (χ0v) is 15.8. The average Bonchev–Trinajstić information content (AvgIpc) is 2.61. The van der Waals surface area contributed by atoms with Crippen molar-refractivity contribution in [2.75, 3.05) is 26.0 Å². The fourth-order valence-electron chi connectivity index (χ4n) is 2.69. The lowest BCUT2D eigenvalue weighted by Gasteiger charge is -2.17. The molecule has 0 bridgehead atoms. The minimum absolute atomic E-state index is 0.178. The molecule has 0 aliphatic heterocycles. The van der Waals surface area contributed by atoms with Crippen molar-refractivity contribution in [2.24, 2.45) is 0 Å². The van der Waals surface area contributed by atoms with E-state index in [9.17, 15) is 9.59 Å². The molecule has 0 aliphatic carbocycles. The summed E-state index contributed by atoms with van der Waals surface area (Å²) in [6.07, 6.45) is 0. The maximum absolute atomic E-state index is 12.3. The predicted molar refractivity (Wildman–Crippen MR) is 103 cm³/mol. The van der Waals surface area contributed by atoms with Crippen LogP contribution in [-0.2, 0) is 16.1 Å². The summed E-state index contributed by atoms with van der Waals surface area (Å²) in [6.45, 7) is 5.22. The average molecular weight is 354 g/mol. The third kappa shape index (κ3) is 5.43. The number of amides is 1. The van der Waals surface area contributed by atoms with Crippen molar-refractivity contribution < 1.29 is 14.3 Å². The Morgan fingerprint density at radius 2 is 1.73 bits per heavy atom. The van der Waals surface area contributed by atoms with Crippen molar-refractivity contribution in [2.45, 2.75) is 26.3 Å². The molecule has 0 saturated carbocycles. The van der Waals surface area contributed by atoms with Crippen LogP contribution < -0.4 is 5.32 Å². The minimum Gasteiger partial charge on any atom is -0.465 e. The van der Waals surface area contributed by atoms with Crippen LogP contribution in [0.5, 0.6) is 0 Å². The number of benzene rings is 2. The van der Waals surface area contributed by atoms with E-state index >= 15 is 0 Å². The highest BCUT2D eigenvalue weighted by molar-refractivity contribution is 6.01. The van der Waals surface area contributed by atoms with Crippen molar-refractivity contribution in [3.8, 4) is 0 Å². The molecule has 0 heterocycles. The maximum Gasteiger partial charge on any atom is 0.339 e. The zero-order valence-electron chi connectivity index (χ0n) is 15.8. The molecule has 2 rings (SSSR count). The van der Waals surface area contributed by atoms with Crippen LogP contribution in [0.1, 0.15) is 41.3 Å². The Hall–Kier alpha value is -2.66. The molecule has 5 heteroatoms. The van der Waals surface area contributed by atoms with Gasteiger partial charge in [-0.1, -0.05) is 50.2 Å². The van der Waals surface area contributed by atoms with E-state index in [0.717, 1.165) is 5.56 Å². The molecule has 0 aromatic heterocycles. The van der Waals surface area contributed by atoms with Crippen LogP contribution in [0.4, 0.5) is 5.69 Å². The number of rotatable bonds is 7. The summed E-state index contributed by atoms with van der Waals surface area (Å²) >= 11 is 0. The summed E-state index contributed by atoms with van der Waals surface area (Å²) in [6, 6.07) is 15.3. The second kappa shape index (κ2) is 9.15. The summed E-state index contributed by atoms with van der Waals surface area (Å²) in [5, 5.41) is 2.79. The molecule has 0 radical (unpaired) electrons. The lowest BCUT2D eigenvalue weighted by Crippen LogP contribution is -2.30. The molecule has 0 spiro atoms. The van der Waals surface area contributed by atoms with Crippen LogP contribution in [0.2, 0.25) is 0 Å². The Labute approximate surface area is 155 Å². The van der Waals surface area contributed by atoms with Gasteiger partial charge in [0.05, 0.1) is 24.9 Å². The molecule has 0 aliphatic rings. The van der Waals surface area contributed by atoms with Gasteiger partial charge >= 0.3 is 5.97 Å². The van der Waals surface area contributed by atoms with Gasteiger partial charge in [0.15, 0.2) is 0 Å². The quantitative estimate of drug-likeness (QED) is 0.771. The monoisotopic (exact) mass is 354 g/mol. The topological polar surface area (TPSA) is 58.6 Å². The number of hydrogen-bond donors (Lipinski definition) is 1. The van der Waals surface area contributed by atoms with Gasteiger partial charge in [0, 0.05) is 6.54 Å². The second-order valence-electron chi connectivity index (χ2n) is 6.65. The van der Waals surface area contributed by atoms with E-state index in [-0.39, 0.29) is 12.5 Å². The van der Waals surface area contributed by atoms with Gasteiger partial charge in [-0.2, -0.15) is 0 Å². The normalized spacial score (nSPS) is 10.8. The second-order valence-corrected chi connectivity index (χ2v) is 6.65. The molecule has 26 heavy (non-hydrogen) atoms. The first-order chi connectivity index (χ1) is 12.4. The molecule has 5 nitrogen and oxygen atoms in total. The summed E-state index contributed by atoms with van der Waals surface area (Å²) < 4.78 is 4.74. The van der Waals surface area contributed by atoms with Crippen molar-refractivity contribution in [3.63, 3.8) is 0 Å². The molecule has 1 amide bonds. The van der Waals surface area contributed by atoms with E-state index in [1.807, 2.05) is 11.9 Å². The van der Waals surface area contributed by atoms with Gasteiger partial charge in [-0.25, -0.2) is 4.79 Å². The van der Waals surface area contributed by atoms with Gasteiger partial charge in [0.2, 0.25) is 5.91 Å². The fourth-order valence-corrected chi connectivity index (χ4v) is 2.69. The third-order valence-corrected chi connectivity index (χ3v) is 4.12. The van der Waals surface area contributed by atoms with Gasteiger partial charge in [0.25, 0.3) is 0 Å². The predicted octanol–water partition coefficient (Wildman–Crippen LogP) is 3.67. The maximum atomic E-state index is 12.3. The van der Waals surface area contributed by atoms with Crippen LogP contribution in [0.15, 0.2) is 48.5 Å². The lowest BCUT2D eigenvalue weighted by atomic mass is 10.0. The Morgan fingerprint density at radius 1 is 1.08 bits per heavy atom. The molecular formula is C21H26N2O3. The van der Waals surface area contributed by atoms with Crippen LogP contribution >= 0.6 is 0 Å². The number of nitrogens with one attached hydrogen (secondary N) is 1. The van der Waals surface area contributed by atoms with Crippen molar-refractivity contribution in [3.05, 3.63) is 65.2 Å². The highest BCUT2D eigenvalue weighted by atomic mass is 16.5. The zero-order chi connectivity index (χ0) is 19.1. The third-order valence-electron chi connectivity index (χ3n) is 4.12. The SMILES string of the molecule is COC(=O)c1ccccc1NC(=O)CN(C)Cc1ccc(C(C)C)cc1. The highest BCUT2D eigenvalue weighted by Crippen LogP contribution is 2.17. The van der Waals surface area contributed by atoms with Crippen LogP contribution in [0.3, 0.4) is 0 Å². The molecule has 138 valence electrons. The molecule has 0 saturated heterocycles. The molecular weight excluding hydrogens is 328 g/mol. The number of likely N-dealkylation sites (N-methyl/N-ethyl adjacent to an activating group) is 1. The van der Waals surface area contributed by atoms with E-state index < -0.39 is 5.97 Å². The first-order valence-electron chi connectivity index (χ1n) is 8.65. The van der Waals surface area contributed by atoms with Gasteiger partial charge in [-0.3, -0.25) is 9.69 Å². The molecule has 2 aromatic carbocycles. The number of methoxy groups -OCH3 is 1. The van der Waals surface area contributed by atoms with Gasteiger partial charge in [0.1, 0.15) is 0 Å². The van der Waals surface area contributed by atoms with Crippen molar-refractivity contribution >= 4 is 17.6 Å². The van der Waals surface area contributed by atoms with E-state index in [4.69, 9.17) is 4.74 Å². The van der Waals surface area contributed by atoms with Crippen molar-refractivity contribution in [1.29, 1.82) is 0 Å². The number of para-hydroxylation sites is 1. The summed E-state index contributed by atoms with van der Waals surface area (Å²) in [4.78, 5) is 26.0. The molecule has 0 atom stereocenters. The number of carbonyl (C=O) groups is 2. The Bertz CT molecular complexity index is 754. The van der Waals surface area contributed by atoms with E-state index in [2.05, 4.69) is 43.4 Å². The first kappa shape index (κ1) is 19.7. The van der Waals surface area contributed by atoms with Crippen LogP contribution in [-0.4, -0.2) is 37.5 Å². The molecule has 1 N–H and O–H groups in total. The van der Waals surface area contributed by atoms with Gasteiger partial charge in [-0.15, -0.1) is 0 Å². The number of anilines is 1. The van der Waals surface area contributed by atoms with Crippen LogP contribution in [0, 0.1) is 0 Å². The van der Waals surface area contributed by atoms with E-state index in [1.54, 1.807) is 24.3 Å². The van der Waals surface area contributed by atoms with E-state index in [1.165, 1.54) is 12.7 Å². The molecule has 2 aromatic rings. The smallest absolute Gasteiger partial charge is 0.339 e. The number of ether oxygens (including phenoxy) is 1. The Morgan fingerprint density at radius 3 is 2.35 bits per heavy atom. The summed E-state index contributed by atoms with van der Waals surface area (Å²) in [7, 11) is 3.21. The Balaban J connectivity index is 1.94.